The Morgan fingerprint density at radius 3 is 2.95 bits per heavy atom. The van der Waals surface area contributed by atoms with Crippen molar-refractivity contribution in [3.8, 4) is 11.4 Å². The van der Waals surface area contributed by atoms with Crippen molar-refractivity contribution < 1.29 is 4.57 Å². The molecule has 0 aliphatic rings. The Morgan fingerprint density at radius 2 is 2.21 bits per heavy atom. The molecule has 3 aromatic heterocycles. The Balaban J connectivity index is 2.23. The van der Waals surface area contributed by atoms with E-state index >= 15 is 0 Å². The Kier molecular flexibility index (Phi) is 2.83. The predicted octanol–water partition coefficient (Wildman–Crippen LogP) is 1.90. The topological polar surface area (TPSA) is 49.6 Å². The molecule has 4 nitrogen and oxygen atoms in total. The number of hydrogen-bond acceptors (Lipinski definition) is 2. The molecule has 0 aliphatic carbocycles. The number of aromatic nitrogens is 3. The molecule has 94 valence electrons. The van der Waals surface area contributed by atoms with E-state index in [0.717, 1.165) is 23.3 Å². The fourth-order valence-corrected chi connectivity index (χ4v) is 2.10. The predicted molar refractivity (Wildman–Crippen MR) is 73.7 cm³/mol. The van der Waals surface area contributed by atoms with Crippen LogP contribution in [0.15, 0.2) is 53.7 Å². The SMILES string of the molecule is CC[n+]1ccc2cc(-c3ccccn3)[nH]c(=O)c2c1. The maximum absolute atomic E-state index is 12.1. The van der Waals surface area contributed by atoms with Crippen molar-refractivity contribution in [2.75, 3.05) is 0 Å². The van der Waals surface area contributed by atoms with Gasteiger partial charge in [0.2, 0.25) is 0 Å². The smallest absolute Gasteiger partial charge is 0.262 e. The zero-order valence-electron chi connectivity index (χ0n) is 10.6. The number of aromatic amines is 1. The molecule has 0 saturated heterocycles. The molecular weight excluding hydrogens is 238 g/mol. The summed E-state index contributed by atoms with van der Waals surface area (Å²) < 4.78 is 1.98. The van der Waals surface area contributed by atoms with E-state index in [1.165, 1.54) is 0 Å². The molecule has 19 heavy (non-hydrogen) atoms. The summed E-state index contributed by atoms with van der Waals surface area (Å²) in [7, 11) is 0. The second-order valence-electron chi connectivity index (χ2n) is 4.37. The highest BCUT2D eigenvalue weighted by atomic mass is 16.1. The van der Waals surface area contributed by atoms with E-state index in [1.807, 2.05) is 54.2 Å². The molecule has 0 saturated carbocycles. The summed E-state index contributed by atoms with van der Waals surface area (Å²) in [5.41, 5.74) is 1.43. The normalized spacial score (nSPS) is 10.8. The van der Waals surface area contributed by atoms with Crippen LogP contribution >= 0.6 is 0 Å². The Morgan fingerprint density at radius 1 is 1.32 bits per heavy atom. The summed E-state index contributed by atoms with van der Waals surface area (Å²) >= 11 is 0. The van der Waals surface area contributed by atoms with Crippen LogP contribution in [0.25, 0.3) is 22.2 Å². The Bertz CT molecular complexity index is 778. The molecular formula is C15H14N3O+. The number of aryl methyl sites for hydroxylation is 1. The van der Waals surface area contributed by atoms with Gasteiger partial charge < -0.3 is 4.98 Å². The second kappa shape index (κ2) is 4.65. The fraction of sp³-hybridized carbons (Fsp3) is 0.133. The molecule has 0 bridgehead atoms. The van der Waals surface area contributed by atoms with Gasteiger partial charge in [-0.2, -0.15) is 0 Å². The van der Waals surface area contributed by atoms with Gasteiger partial charge in [0, 0.05) is 17.6 Å². The average molecular weight is 252 g/mol. The van der Waals surface area contributed by atoms with E-state index in [2.05, 4.69) is 9.97 Å². The van der Waals surface area contributed by atoms with Crippen LogP contribution in [0.2, 0.25) is 0 Å². The molecule has 0 radical (unpaired) electrons. The van der Waals surface area contributed by atoms with Crippen molar-refractivity contribution in [2.24, 2.45) is 0 Å². The number of H-pyrrole nitrogens is 1. The summed E-state index contributed by atoms with van der Waals surface area (Å²) in [6.45, 7) is 2.89. The van der Waals surface area contributed by atoms with Crippen molar-refractivity contribution in [3.63, 3.8) is 0 Å². The highest BCUT2D eigenvalue weighted by molar-refractivity contribution is 5.83. The van der Waals surface area contributed by atoms with Crippen LogP contribution in [0.3, 0.4) is 0 Å². The third-order valence-corrected chi connectivity index (χ3v) is 3.15. The van der Waals surface area contributed by atoms with Crippen LogP contribution < -0.4 is 10.1 Å². The van der Waals surface area contributed by atoms with Crippen LogP contribution in [0.4, 0.5) is 0 Å². The summed E-state index contributed by atoms with van der Waals surface area (Å²) in [6.07, 6.45) is 5.56. The van der Waals surface area contributed by atoms with Gasteiger partial charge >= 0.3 is 0 Å². The molecule has 0 spiro atoms. The van der Waals surface area contributed by atoms with E-state index in [-0.39, 0.29) is 5.56 Å². The van der Waals surface area contributed by atoms with Gasteiger partial charge in [0.05, 0.1) is 11.4 Å². The fourth-order valence-electron chi connectivity index (χ4n) is 2.10. The van der Waals surface area contributed by atoms with Crippen LogP contribution in [-0.4, -0.2) is 9.97 Å². The standard InChI is InChI=1S/C15H13N3O/c1-2-18-8-6-11-9-14(13-5-3-4-7-16-13)17-15(19)12(11)10-18/h3-10H,2H2,1H3/p+1. The summed E-state index contributed by atoms with van der Waals surface area (Å²) in [5, 5.41) is 1.62. The Labute approximate surface area is 110 Å². The first-order chi connectivity index (χ1) is 9.28. The van der Waals surface area contributed by atoms with E-state index in [4.69, 9.17) is 0 Å². The van der Waals surface area contributed by atoms with Gasteiger partial charge in [-0.25, -0.2) is 4.57 Å². The molecule has 0 atom stereocenters. The van der Waals surface area contributed by atoms with Crippen LogP contribution in [0.1, 0.15) is 6.92 Å². The highest BCUT2D eigenvalue weighted by Gasteiger charge is 2.08. The molecule has 0 fully saturated rings. The van der Waals surface area contributed by atoms with Crippen molar-refractivity contribution in [3.05, 3.63) is 59.3 Å². The average Bonchev–Trinajstić information content (AvgIpc) is 2.48. The minimum atomic E-state index is -0.0825. The van der Waals surface area contributed by atoms with Crippen LogP contribution in [-0.2, 0) is 6.54 Å². The van der Waals surface area contributed by atoms with Gasteiger partial charge in [-0.05, 0) is 25.1 Å². The molecule has 1 N–H and O–H groups in total. The molecule has 0 aliphatic heterocycles. The molecule has 0 amide bonds. The lowest BCUT2D eigenvalue weighted by atomic mass is 10.1. The second-order valence-corrected chi connectivity index (χ2v) is 4.37. The van der Waals surface area contributed by atoms with Crippen molar-refractivity contribution in [2.45, 2.75) is 13.5 Å². The molecule has 3 aromatic rings. The van der Waals surface area contributed by atoms with E-state index < -0.39 is 0 Å². The number of nitrogens with one attached hydrogen (secondary N) is 1. The van der Waals surface area contributed by atoms with Crippen molar-refractivity contribution >= 4 is 10.8 Å². The zero-order valence-corrected chi connectivity index (χ0v) is 10.6. The third-order valence-electron chi connectivity index (χ3n) is 3.15. The molecule has 3 rings (SSSR count). The first kappa shape index (κ1) is 11.6. The minimum Gasteiger partial charge on any atom is -0.320 e. The summed E-state index contributed by atoms with van der Waals surface area (Å²) in [5.74, 6) is 0. The zero-order chi connectivity index (χ0) is 13.2. The molecule has 0 unspecified atom stereocenters. The number of rotatable bonds is 2. The number of nitrogens with zero attached hydrogens (tertiary/aromatic N) is 2. The quantitative estimate of drug-likeness (QED) is 0.708. The largest absolute Gasteiger partial charge is 0.320 e. The van der Waals surface area contributed by atoms with E-state index in [9.17, 15) is 4.79 Å². The van der Waals surface area contributed by atoms with Gasteiger partial charge in [-0.15, -0.1) is 0 Å². The van der Waals surface area contributed by atoms with Crippen molar-refractivity contribution in [1.82, 2.24) is 9.97 Å². The van der Waals surface area contributed by atoms with E-state index in [0.29, 0.717) is 5.39 Å². The minimum absolute atomic E-state index is 0.0825. The highest BCUT2D eigenvalue weighted by Crippen LogP contribution is 2.16. The van der Waals surface area contributed by atoms with Gasteiger partial charge in [0.15, 0.2) is 12.4 Å². The van der Waals surface area contributed by atoms with Crippen molar-refractivity contribution in [1.29, 1.82) is 0 Å². The summed E-state index contributed by atoms with van der Waals surface area (Å²) in [6, 6.07) is 9.56. The third kappa shape index (κ3) is 2.12. The number of fused-ring (bicyclic) bond motifs is 1. The molecule has 3 heterocycles. The molecule has 0 aromatic carbocycles. The first-order valence-corrected chi connectivity index (χ1v) is 6.25. The van der Waals surface area contributed by atoms with Crippen LogP contribution in [0, 0.1) is 0 Å². The number of pyridine rings is 3. The van der Waals surface area contributed by atoms with Crippen LogP contribution in [0.5, 0.6) is 0 Å². The Hall–Kier alpha value is -2.49. The monoisotopic (exact) mass is 252 g/mol. The first-order valence-electron chi connectivity index (χ1n) is 6.25. The van der Waals surface area contributed by atoms with Gasteiger partial charge in [-0.1, -0.05) is 6.07 Å². The number of hydrogen-bond donors (Lipinski definition) is 1. The molecule has 4 heteroatoms. The van der Waals surface area contributed by atoms with E-state index in [1.54, 1.807) is 6.20 Å². The van der Waals surface area contributed by atoms with Gasteiger partial charge in [-0.3, -0.25) is 9.78 Å². The lowest BCUT2D eigenvalue weighted by Gasteiger charge is -2.02. The lowest BCUT2D eigenvalue weighted by molar-refractivity contribution is -0.692. The summed E-state index contributed by atoms with van der Waals surface area (Å²) in [4.78, 5) is 19.3. The lowest BCUT2D eigenvalue weighted by Crippen LogP contribution is -2.31. The maximum atomic E-state index is 12.1. The maximum Gasteiger partial charge on any atom is 0.262 e. The van der Waals surface area contributed by atoms with Gasteiger partial charge in [0.25, 0.3) is 5.56 Å². The van der Waals surface area contributed by atoms with Gasteiger partial charge in [0.1, 0.15) is 11.9 Å².